The zero-order valence-electron chi connectivity index (χ0n) is 15.8. The molecule has 0 bridgehead atoms. The average molecular weight is 371 g/mol. The van der Waals surface area contributed by atoms with E-state index in [4.69, 9.17) is 14.6 Å². The summed E-state index contributed by atoms with van der Waals surface area (Å²) in [5.41, 5.74) is 2.49. The predicted octanol–water partition coefficient (Wildman–Crippen LogP) is 3.94. The average Bonchev–Trinajstić information content (AvgIpc) is 2.69. The molecular weight excluding hydrogens is 342 g/mol. The molecule has 5 heteroatoms. The Hall–Kier alpha value is -2.27. The number of benzene rings is 1. The molecule has 1 saturated heterocycles. The number of ether oxygens (including phenoxy) is 2. The molecule has 3 rings (SSSR count). The van der Waals surface area contributed by atoms with Crippen molar-refractivity contribution in [3.05, 3.63) is 53.8 Å². The van der Waals surface area contributed by atoms with Gasteiger partial charge >= 0.3 is 5.97 Å². The first kappa shape index (κ1) is 19.5. The summed E-state index contributed by atoms with van der Waals surface area (Å²) < 4.78 is 11.3. The van der Waals surface area contributed by atoms with Gasteiger partial charge in [0.15, 0.2) is 0 Å². The van der Waals surface area contributed by atoms with Crippen LogP contribution in [0.2, 0.25) is 0 Å². The molecule has 1 aromatic rings. The molecule has 146 valence electrons. The fourth-order valence-corrected chi connectivity index (χ4v) is 3.55. The van der Waals surface area contributed by atoms with Crippen LogP contribution in [0.5, 0.6) is 0 Å². The molecule has 1 aromatic carbocycles. The van der Waals surface area contributed by atoms with Crippen LogP contribution in [-0.4, -0.2) is 43.5 Å². The van der Waals surface area contributed by atoms with Gasteiger partial charge in [-0.15, -0.1) is 0 Å². The van der Waals surface area contributed by atoms with Crippen LogP contribution in [-0.2, 0) is 20.7 Å². The van der Waals surface area contributed by atoms with E-state index in [1.54, 1.807) is 0 Å². The van der Waals surface area contributed by atoms with Crippen molar-refractivity contribution in [3.8, 4) is 0 Å². The van der Waals surface area contributed by atoms with Crippen molar-refractivity contribution in [2.45, 2.75) is 44.6 Å². The molecule has 1 heterocycles. The zero-order chi connectivity index (χ0) is 18.9. The number of aliphatic carboxylic acids is 1. The quantitative estimate of drug-likeness (QED) is 0.666. The highest BCUT2D eigenvalue weighted by atomic mass is 16.5. The van der Waals surface area contributed by atoms with Gasteiger partial charge in [-0.25, -0.2) is 4.79 Å². The minimum atomic E-state index is -0.918. The molecule has 0 aromatic heterocycles. The molecule has 1 unspecified atom stereocenters. The largest absolute Gasteiger partial charge is 0.489 e. The van der Waals surface area contributed by atoms with E-state index in [1.807, 2.05) is 0 Å². The topological polar surface area (TPSA) is 59.0 Å². The Morgan fingerprint density at radius 1 is 1.22 bits per heavy atom. The minimum absolute atomic E-state index is 0.218. The minimum Gasteiger partial charge on any atom is -0.489 e. The van der Waals surface area contributed by atoms with Crippen molar-refractivity contribution in [3.63, 3.8) is 0 Å². The Kier molecular flexibility index (Phi) is 7.34. The highest BCUT2D eigenvalue weighted by Crippen LogP contribution is 2.24. The molecular formula is C22H29NO4. The van der Waals surface area contributed by atoms with Crippen LogP contribution in [0.25, 0.3) is 0 Å². The number of anilines is 1. The molecule has 0 radical (unpaired) electrons. The summed E-state index contributed by atoms with van der Waals surface area (Å²) in [7, 11) is 0. The van der Waals surface area contributed by atoms with E-state index in [2.05, 4.69) is 47.4 Å². The maximum Gasteiger partial charge on any atom is 0.329 e. The number of aryl methyl sites for hydroxylation is 1. The van der Waals surface area contributed by atoms with Crippen LogP contribution in [0.1, 0.15) is 37.7 Å². The number of piperidine rings is 1. The van der Waals surface area contributed by atoms with Gasteiger partial charge in [0.05, 0.1) is 6.54 Å². The maximum absolute atomic E-state index is 10.4. The first-order valence-electron chi connectivity index (χ1n) is 9.87. The molecule has 1 fully saturated rings. The zero-order valence-corrected chi connectivity index (χ0v) is 15.8. The summed E-state index contributed by atoms with van der Waals surface area (Å²) in [4.78, 5) is 12.8. The predicted molar refractivity (Wildman–Crippen MR) is 106 cm³/mol. The molecule has 2 aliphatic rings. The number of rotatable bonds is 9. The lowest BCUT2D eigenvalue weighted by Gasteiger charge is -2.35. The van der Waals surface area contributed by atoms with Gasteiger partial charge in [-0.05, 0) is 68.4 Å². The third kappa shape index (κ3) is 6.43. The van der Waals surface area contributed by atoms with Gasteiger partial charge in [-0.3, -0.25) is 0 Å². The summed E-state index contributed by atoms with van der Waals surface area (Å²) in [6.45, 7) is 2.25. The van der Waals surface area contributed by atoms with E-state index < -0.39 is 5.97 Å². The van der Waals surface area contributed by atoms with Crippen molar-refractivity contribution >= 4 is 11.7 Å². The second-order valence-corrected chi connectivity index (χ2v) is 7.13. The SMILES string of the molecule is O=C(O)COCCCc1ccc(N2CCCC(OC3=CCCC=C3)C2)cc1. The summed E-state index contributed by atoms with van der Waals surface area (Å²) in [5.74, 6) is 0.104. The van der Waals surface area contributed by atoms with Crippen molar-refractivity contribution < 1.29 is 19.4 Å². The Morgan fingerprint density at radius 2 is 2.07 bits per heavy atom. The van der Waals surface area contributed by atoms with Crippen LogP contribution in [0.4, 0.5) is 5.69 Å². The number of allylic oxidation sites excluding steroid dienone is 3. The standard InChI is InChI=1S/C22H29NO4/c24-22(25)17-26-15-5-6-18-10-12-19(13-11-18)23-14-4-9-21(16-23)27-20-7-2-1-3-8-20/h2,7-8,10-13,21H,1,3-6,9,14-17H2,(H,24,25). The molecule has 0 spiro atoms. The fraction of sp³-hybridized carbons (Fsp3) is 0.500. The molecule has 1 atom stereocenters. The van der Waals surface area contributed by atoms with Crippen LogP contribution in [0, 0.1) is 0 Å². The Morgan fingerprint density at radius 3 is 2.81 bits per heavy atom. The summed E-state index contributed by atoms with van der Waals surface area (Å²) in [5, 5.41) is 8.55. The number of carboxylic acid groups (broad SMARTS) is 1. The van der Waals surface area contributed by atoms with Crippen molar-refractivity contribution in [1.82, 2.24) is 0 Å². The van der Waals surface area contributed by atoms with Crippen LogP contribution in [0.15, 0.2) is 48.3 Å². The van der Waals surface area contributed by atoms with Crippen LogP contribution >= 0.6 is 0 Å². The van der Waals surface area contributed by atoms with Crippen molar-refractivity contribution in [1.29, 1.82) is 0 Å². The lowest BCUT2D eigenvalue weighted by Crippen LogP contribution is -2.39. The van der Waals surface area contributed by atoms with Gasteiger partial charge in [-0.2, -0.15) is 0 Å². The number of hydrogen-bond donors (Lipinski definition) is 1. The number of hydrogen-bond acceptors (Lipinski definition) is 4. The van der Waals surface area contributed by atoms with Crippen LogP contribution in [0.3, 0.4) is 0 Å². The first-order valence-corrected chi connectivity index (χ1v) is 9.87. The number of nitrogens with zero attached hydrogens (tertiary/aromatic N) is 1. The van der Waals surface area contributed by atoms with Gasteiger partial charge in [-0.1, -0.05) is 18.2 Å². The Labute approximate surface area is 161 Å². The Bertz CT molecular complexity index is 665. The van der Waals surface area contributed by atoms with E-state index in [0.717, 1.165) is 57.4 Å². The molecule has 1 N–H and O–H groups in total. The second-order valence-electron chi connectivity index (χ2n) is 7.13. The third-order valence-corrected chi connectivity index (χ3v) is 4.92. The third-order valence-electron chi connectivity index (χ3n) is 4.92. The fourth-order valence-electron chi connectivity index (χ4n) is 3.55. The number of carbonyl (C=O) groups is 1. The Balaban J connectivity index is 1.45. The van der Waals surface area contributed by atoms with Crippen molar-refractivity contribution in [2.24, 2.45) is 0 Å². The van der Waals surface area contributed by atoms with E-state index in [1.165, 1.54) is 11.3 Å². The number of carboxylic acids is 1. The van der Waals surface area contributed by atoms with Gasteiger partial charge in [0.25, 0.3) is 0 Å². The van der Waals surface area contributed by atoms with Gasteiger partial charge in [0, 0.05) is 18.8 Å². The lowest BCUT2D eigenvalue weighted by molar-refractivity contribution is -0.142. The van der Waals surface area contributed by atoms with Crippen molar-refractivity contribution in [2.75, 3.05) is 31.2 Å². The summed E-state index contributed by atoms with van der Waals surface area (Å²) >= 11 is 0. The lowest BCUT2D eigenvalue weighted by atomic mass is 10.1. The van der Waals surface area contributed by atoms with E-state index in [0.29, 0.717) is 6.61 Å². The molecule has 0 amide bonds. The summed E-state index contributed by atoms with van der Waals surface area (Å²) in [6.07, 6.45) is 12.9. The van der Waals surface area contributed by atoms with Gasteiger partial charge < -0.3 is 19.5 Å². The highest BCUT2D eigenvalue weighted by Gasteiger charge is 2.22. The van der Waals surface area contributed by atoms with Gasteiger partial charge in [0.2, 0.25) is 0 Å². The second kappa shape index (κ2) is 10.2. The molecule has 1 aliphatic carbocycles. The monoisotopic (exact) mass is 371 g/mol. The normalized spacial score (nSPS) is 19.6. The highest BCUT2D eigenvalue weighted by molar-refractivity contribution is 5.67. The van der Waals surface area contributed by atoms with E-state index >= 15 is 0 Å². The van der Waals surface area contributed by atoms with Gasteiger partial charge in [0.1, 0.15) is 18.5 Å². The summed E-state index contributed by atoms with van der Waals surface area (Å²) in [6, 6.07) is 8.66. The molecule has 5 nitrogen and oxygen atoms in total. The first-order chi connectivity index (χ1) is 13.2. The molecule has 0 saturated carbocycles. The maximum atomic E-state index is 10.4. The van der Waals surface area contributed by atoms with E-state index in [9.17, 15) is 4.79 Å². The molecule has 27 heavy (non-hydrogen) atoms. The van der Waals surface area contributed by atoms with E-state index in [-0.39, 0.29) is 12.7 Å². The van der Waals surface area contributed by atoms with Crippen LogP contribution < -0.4 is 4.90 Å². The molecule has 1 aliphatic heterocycles. The smallest absolute Gasteiger partial charge is 0.329 e.